The van der Waals surface area contributed by atoms with Crippen LogP contribution in [0.2, 0.25) is 0 Å². The average Bonchev–Trinajstić information content (AvgIpc) is 2.99. The largest absolute Gasteiger partial charge is 0.291 e. The van der Waals surface area contributed by atoms with Gasteiger partial charge in [-0.15, -0.1) is 0 Å². The van der Waals surface area contributed by atoms with Crippen LogP contribution in [0.3, 0.4) is 0 Å². The van der Waals surface area contributed by atoms with Gasteiger partial charge < -0.3 is 0 Å². The van der Waals surface area contributed by atoms with Crippen molar-refractivity contribution in [3.8, 4) is 6.07 Å². The Morgan fingerprint density at radius 2 is 1.92 bits per heavy atom. The second kappa shape index (κ2) is 2.75. The summed E-state index contributed by atoms with van der Waals surface area (Å²) in [6.45, 7) is 0. The van der Waals surface area contributed by atoms with Crippen LogP contribution in [0.25, 0.3) is 0 Å². The second-order valence-corrected chi connectivity index (χ2v) is 3.38. The van der Waals surface area contributed by atoms with Crippen molar-refractivity contribution in [2.24, 2.45) is 0 Å². The number of benzene rings is 1. The molecule has 2 rings (SSSR count). The van der Waals surface area contributed by atoms with Gasteiger partial charge in [0.05, 0.1) is 17.2 Å². The van der Waals surface area contributed by atoms with Crippen molar-refractivity contribution in [2.75, 3.05) is 5.48 Å². The summed E-state index contributed by atoms with van der Waals surface area (Å²) < 4.78 is 0. The molecular formula is C10H10N2O. The van der Waals surface area contributed by atoms with Gasteiger partial charge in [0.1, 0.15) is 0 Å². The average molecular weight is 174 g/mol. The fraction of sp³-hybridized carbons (Fsp3) is 0.300. The summed E-state index contributed by atoms with van der Waals surface area (Å²) in [6, 6.07) is 9.63. The lowest BCUT2D eigenvalue weighted by Gasteiger charge is -2.06. The minimum absolute atomic E-state index is 0.228. The summed E-state index contributed by atoms with van der Waals surface area (Å²) in [6.07, 6.45) is 1.91. The van der Waals surface area contributed by atoms with E-state index in [1.54, 1.807) is 12.1 Å². The third kappa shape index (κ3) is 1.25. The maximum atomic E-state index is 8.92. The zero-order valence-corrected chi connectivity index (χ0v) is 7.12. The normalized spacial score (nSPS) is 17.5. The highest BCUT2D eigenvalue weighted by Gasteiger charge is 2.44. The first kappa shape index (κ1) is 8.09. The minimum Gasteiger partial charge on any atom is -0.291 e. The van der Waals surface area contributed by atoms with Gasteiger partial charge in [0.2, 0.25) is 0 Å². The molecule has 1 aromatic rings. The highest BCUT2D eigenvalue weighted by molar-refractivity contribution is 5.47. The molecule has 13 heavy (non-hydrogen) atoms. The van der Waals surface area contributed by atoms with Crippen LogP contribution < -0.4 is 5.48 Å². The van der Waals surface area contributed by atoms with Crippen LogP contribution in [0.5, 0.6) is 0 Å². The Hall–Kier alpha value is -1.53. The summed E-state index contributed by atoms with van der Waals surface area (Å²) in [7, 11) is 0. The molecular weight excluding hydrogens is 164 g/mol. The minimum atomic E-state index is -0.228. The van der Waals surface area contributed by atoms with Crippen molar-refractivity contribution in [3.63, 3.8) is 0 Å². The maximum Gasteiger partial charge on any atom is 0.0823 e. The highest BCUT2D eigenvalue weighted by Crippen LogP contribution is 2.47. The SMILES string of the molecule is N#CC1(c2ccc(NO)cc2)CC1. The van der Waals surface area contributed by atoms with Crippen molar-refractivity contribution in [1.82, 2.24) is 0 Å². The predicted octanol–water partition coefficient (Wildman–Crippen LogP) is 2.04. The molecule has 2 N–H and O–H groups in total. The monoisotopic (exact) mass is 174 g/mol. The lowest BCUT2D eigenvalue weighted by atomic mass is 9.98. The number of nitrogens with zero attached hydrogens (tertiary/aromatic N) is 1. The van der Waals surface area contributed by atoms with E-state index in [0.717, 1.165) is 18.4 Å². The Kier molecular flexibility index (Phi) is 1.71. The summed E-state index contributed by atoms with van der Waals surface area (Å²) in [5, 5.41) is 17.5. The number of hydrogen-bond acceptors (Lipinski definition) is 3. The molecule has 1 aromatic carbocycles. The number of rotatable bonds is 2. The van der Waals surface area contributed by atoms with E-state index in [1.165, 1.54) is 0 Å². The van der Waals surface area contributed by atoms with E-state index in [1.807, 2.05) is 12.1 Å². The number of nitriles is 1. The first-order valence-corrected chi connectivity index (χ1v) is 4.23. The molecule has 1 aliphatic carbocycles. The standard InChI is InChI=1S/C10H10N2O/c11-7-10(5-6-10)8-1-3-9(12-13)4-2-8/h1-4,12-13H,5-6H2. The zero-order chi connectivity index (χ0) is 9.31. The van der Waals surface area contributed by atoms with Crippen molar-refractivity contribution in [2.45, 2.75) is 18.3 Å². The Balaban J connectivity index is 2.29. The van der Waals surface area contributed by atoms with E-state index in [2.05, 4.69) is 11.5 Å². The van der Waals surface area contributed by atoms with Gasteiger partial charge in [-0.1, -0.05) is 12.1 Å². The van der Waals surface area contributed by atoms with Crippen LogP contribution in [0.1, 0.15) is 18.4 Å². The molecule has 1 aliphatic rings. The van der Waals surface area contributed by atoms with Gasteiger partial charge in [-0.3, -0.25) is 10.7 Å². The van der Waals surface area contributed by atoms with E-state index >= 15 is 0 Å². The van der Waals surface area contributed by atoms with Gasteiger partial charge in [-0.05, 0) is 30.5 Å². The smallest absolute Gasteiger partial charge is 0.0823 e. The molecule has 0 spiro atoms. The molecule has 0 radical (unpaired) electrons. The van der Waals surface area contributed by atoms with E-state index in [4.69, 9.17) is 10.5 Å². The van der Waals surface area contributed by atoms with Crippen molar-refractivity contribution >= 4 is 5.69 Å². The highest BCUT2D eigenvalue weighted by atomic mass is 16.5. The van der Waals surface area contributed by atoms with Gasteiger partial charge in [0.25, 0.3) is 0 Å². The topological polar surface area (TPSA) is 56.0 Å². The van der Waals surface area contributed by atoms with Gasteiger partial charge in [-0.2, -0.15) is 5.26 Å². The molecule has 0 aromatic heterocycles. The summed E-state index contributed by atoms with van der Waals surface area (Å²) in [5.74, 6) is 0. The van der Waals surface area contributed by atoms with Crippen molar-refractivity contribution in [1.29, 1.82) is 5.26 Å². The fourth-order valence-electron chi connectivity index (χ4n) is 1.45. The summed E-state index contributed by atoms with van der Waals surface area (Å²) in [4.78, 5) is 0. The molecule has 0 atom stereocenters. The number of hydrogen-bond donors (Lipinski definition) is 2. The van der Waals surface area contributed by atoms with E-state index in [9.17, 15) is 0 Å². The molecule has 1 fully saturated rings. The summed E-state index contributed by atoms with van der Waals surface area (Å²) in [5.41, 5.74) is 3.53. The Morgan fingerprint density at radius 1 is 1.31 bits per heavy atom. The number of anilines is 1. The molecule has 0 heterocycles. The molecule has 1 saturated carbocycles. The molecule has 0 unspecified atom stereocenters. The zero-order valence-electron chi connectivity index (χ0n) is 7.12. The molecule has 3 heteroatoms. The number of nitrogens with one attached hydrogen (secondary N) is 1. The molecule has 0 amide bonds. The molecule has 0 bridgehead atoms. The Morgan fingerprint density at radius 3 is 2.31 bits per heavy atom. The van der Waals surface area contributed by atoms with Crippen LogP contribution in [0.15, 0.2) is 24.3 Å². The Bertz CT molecular complexity index is 346. The third-order valence-corrected chi connectivity index (χ3v) is 2.53. The lowest BCUT2D eigenvalue weighted by Crippen LogP contribution is -2.02. The first-order valence-electron chi connectivity index (χ1n) is 4.23. The van der Waals surface area contributed by atoms with Crippen LogP contribution in [-0.2, 0) is 5.41 Å². The van der Waals surface area contributed by atoms with Gasteiger partial charge in [0, 0.05) is 0 Å². The second-order valence-electron chi connectivity index (χ2n) is 3.38. The van der Waals surface area contributed by atoms with Crippen molar-refractivity contribution in [3.05, 3.63) is 29.8 Å². The quantitative estimate of drug-likeness (QED) is 0.674. The molecule has 0 saturated heterocycles. The van der Waals surface area contributed by atoms with E-state index in [-0.39, 0.29) is 5.41 Å². The third-order valence-electron chi connectivity index (χ3n) is 2.53. The van der Waals surface area contributed by atoms with Gasteiger partial charge in [0.15, 0.2) is 0 Å². The lowest BCUT2D eigenvalue weighted by molar-refractivity contribution is 0.389. The first-order chi connectivity index (χ1) is 6.30. The van der Waals surface area contributed by atoms with Gasteiger partial charge in [-0.25, -0.2) is 0 Å². The van der Waals surface area contributed by atoms with Crippen molar-refractivity contribution < 1.29 is 5.21 Å². The molecule has 3 nitrogen and oxygen atoms in total. The summed E-state index contributed by atoms with van der Waals surface area (Å²) >= 11 is 0. The van der Waals surface area contributed by atoms with E-state index in [0.29, 0.717) is 5.69 Å². The fourth-order valence-corrected chi connectivity index (χ4v) is 1.45. The van der Waals surface area contributed by atoms with Crippen LogP contribution in [0, 0.1) is 11.3 Å². The van der Waals surface area contributed by atoms with Crippen LogP contribution in [0.4, 0.5) is 5.69 Å². The van der Waals surface area contributed by atoms with E-state index < -0.39 is 0 Å². The van der Waals surface area contributed by atoms with Crippen LogP contribution in [-0.4, -0.2) is 5.21 Å². The Labute approximate surface area is 76.6 Å². The predicted molar refractivity (Wildman–Crippen MR) is 48.4 cm³/mol. The van der Waals surface area contributed by atoms with Crippen LogP contribution >= 0.6 is 0 Å². The van der Waals surface area contributed by atoms with Gasteiger partial charge >= 0.3 is 0 Å². The maximum absolute atomic E-state index is 8.92. The molecule has 66 valence electrons. The molecule has 0 aliphatic heterocycles.